The molecular formula is C18H27N3O2. The van der Waals surface area contributed by atoms with E-state index in [9.17, 15) is 9.90 Å². The van der Waals surface area contributed by atoms with E-state index < -0.39 is 0 Å². The van der Waals surface area contributed by atoms with Crippen LogP contribution in [0.5, 0.6) is 0 Å². The molecule has 126 valence electrons. The molecule has 0 unspecified atom stereocenters. The number of piperidine rings is 1. The Labute approximate surface area is 138 Å². The molecule has 23 heavy (non-hydrogen) atoms. The fourth-order valence-electron chi connectivity index (χ4n) is 3.64. The first kappa shape index (κ1) is 16.2. The Morgan fingerprint density at radius 2 is 1.91 bits per heavy atom. The Kier molecular flexibility index (Phi) is 4.85. The smallest absolute Gasteiger partial charge is 0.255 e. The summed E-state index contributed by atoms with van der Waals surface area (Å²) in [4.78, 5) is 21.3. The van der Waals surface area contributed by atoms with E-state index in [0.717, 1.165) is 51.3 Å². The molecule has 0 aromatic carbocycles. The molecule has 2 saturated heterocycles. The van der Waals surface area contributed by atoms with Crippen LogP contribution in [-0.2, 0) is 0 Å². The number of aliphatic hydroxyl groups is 1. The summed E-state index contributed by atoms with van der Waals surface area (Å²) in [5.74, 6) is 1.04. The number of amides is 1. The molecule has 2 aliphatic rings. The quantitative estimate of drug-likeness (QED) is 0.926. The molecule has 0 bridgehead atoms. The van der Waals surface area contributed by atoms with Crippen molar-refractivity contribution in [2.45, 2.75) is 39.0 Å². The van der Waals surface area contributed by atoms with E-state index in [-0.39, 0.29) is 17.9 Å². The fourth-order valence-corrected chi connectivity index (χ4v) is 3.64. The van der Waals surface area contributed by atoms with Crippen LogP contribution in [0, 0.1) is 5.41 Å². The Hall–Kier alpha value is -1.62. The SMILES string of the molecule is CCC1(CO)CCN(C(=O)c2ccc(N3CCCC3)nc2)CC1. The lowest BCUT2D eigenvalue weighted by Crippen LogP contribution is -2.44. The number of aliphatic hydroxyl groups excluding tert-OH is 1. The highest BCUT2D eigenvalue weighted by molar-refractivity contribution is 5.94. The zero-order valence-corrected chi connectivity index (χ0v) is 14.0. The highest BCUT2D eigenvalue weighted by Crippen LogP contribution is 2.34. The van der Waals surface area contributed by atoms with Gasteiger partial charge in [0, 0.05) is 39.0 Å². The molecule has 0 radical (unpaired) electrons. The normalized spacial score (nSPS) is 20.8. The van der Waals surface area contributed by atoms with Crippen molar-refractivity contribution in [1.29, 1.82) is 0 Å². The molecule has 5 nitrogen and oxygen atoms in total. The van der Waals surface area contributed by atoms with Gasteiger partial charge in [0.1, 0.15) is 5.82 Å². The van der Waals surface area contributed by atoms with Gasteiger partial charge in [-0.1, -0.05) is 6.92 Å². The van der Waals surface area contributed by atoms with Gasteiger partial charge in [0.15, 0.2) is 0 Å². The van der Waals surface area contributed by atoms with Gasteiger partial charge >= 0.3 is 0 Å². The summed E-state index contributed by atoms with van der Waals surface area (Å²) in [7, 11) is 0. The van der Waals surface area contributed by atoms with Crippen LogP contribution in [0.25, 0.3) is 0 Å². The van der Waals surface area contributed by atoms with Crippen LogP contribution >= 0.6 is 0 Å². The van der Waals surface area contributed by atoms with Gasteiger partial charge in [-0.2, -0.15) is 0 Å². The lowest BCUT2D eigenvalue weighted by atomic mass is 9.77. The summed E-state index contributed by atoms with van der Waals surface area (Å²) < 4.78 is 0. The van der Waals surface area contributed by atoms with E-state index in [1.54, 1.807) is 6.20 Å². The first-order valence-electron chi connectivity index (χ1n) is 8.78. The minimum Gasteiger partial charge on any atom is -0.396 e. The van der Waals surface area contributed by atoms with Crippen molar-refractivity contribution >= 4 is 11.7 Å². The number of likely N-dealkylation sites (tertiary alicyclic amines) is 1. The number of carbonyl (C=O) groups is 1. The molecule has 0 spiro atoms. The van der Waals surface area contributed by atoms with Crippen molar-refractivity contribution in [2.24, 2.45) is 5.41 Å². The second kappa shape index (κ2) is 6.87. The number of carbonyl (C=O) groups excluding carboxylic acids is 1. The molecule has 0 atom stereocenters. The molecule has 1 N–H and O–H groups in total. The fraction of sp³-hybridized carbons (Fsp3) is 0.667. The number of hydrogen-bond acceptors (Lipinski definition) is 4. The van der Waals surface area contributed by atoms with Gasteiger partial charge < -0.3 is 14.9 Å². The second-order valence-corrected chi connectivity index (χ2v) is 6.90. The van der Waals surface area contributed by atoms with Gasteiger partial charge in [0.25, 0.3) is 5.91 Å². The van der Waals surface area contributed by atoms with Crippen molar-refractivity contribution in [3.8, 4) is 0 Å². The predicted molar refractivity (Wildman–Crippen MR) is 90.6 cm³/mol. The topological polar surface area (TPSA) is 56.7 Å². The van der Waals surface area contributed by atoms with Crippen molar-refractivity contribution in [3.63, 3.8) is 0 Å². The maximum Gasteiger partial charge on any atom is 0.255 e. The lowest BCUT2D eigenvalue weighted by Gasteiger charge is -2.40. The number of nitrogens with zero attached hydrogens (tertiary/aromatic N) is 3. The highest BCUT2D eigenvalue weighted by Gasteiger charge is 2.34. The minimum atomic E-state index is 0.00857. The summed E-state index contributed by atoms with van der Waals surface area (Å²) in [6.07, 6.45) is 6.89. The van der Waals surface area contributed by atoms with E-state index in [4.69, 9.17) is 0 Å². The number of hydrogen-bond donors (Lipinski definition) is 1. The van der Waals surface area contributed by atoms with Crippen molar-refractivity contribution in [1.82, 2.24) is 9.88 Å². The zero-order valence-electron chi connectivity index (χ0n) is 14.0. The number of pyridine rings is 1. The van der Waals surface area contributed by atoms with Gasteiger partial charge in [0.05, 0.1) is 5.56 Å². The zero-order chi connectivity index (χ0) is 16.3. The van der Waals surface area contributed by atoms with Gasteiger partial charge in [-0.15, -0.1) is 0 Å². The first-order valence-corrected chi connectivity index (χ1v) is 8.78. The summed E-state index contributed by atoms with van der Waals surface area (Å²) >= 11 is 0. The Bertz CT molecular complexity index is 524. The predicted octanol–water partition coefficient (Wildman–Crippen LogP) is 2.31. The third kappa shape index (κ3) is 3.34. The molecule has 5 heteroatoms. The third-order valence-corrected chi connectivity index (χ3v) is 5.62. The van der Waals surface area contributed by atoms with E-state index in [1.807, 2.05) is 17.0 Å². The van der Waals surface area contributed by atoms with E-state index in [0.29, 0.717) is 5.56 Å². The second-order valence-electron chi connectivity index (χ2n) is 6.90. The van der Waals surface area contributed by atoms with Crippen LogP contribution in [-0.4, -0.2) is 53.7 Å². The number of anilines is 1. The summed E-state index contributed by atoms with van der Waals surface area (Å²) in [5.41, 5.74) is 0.676. The van der Waals surface area contributed by atoms with Crippen LogP contribution in [0.15, 0.2) is 18.3 Å². The molecular weight excluding hydrogens is 290 g/mol. The monoisotopic (exact) mass is 317 g/mol. The Morgan fingerprint density at radius 1 is 1.22 bits per heavy atom. The Balaban J connectivity index is 1.62. The molecule has 3 rings (SSSR count). The van der Waals surface area contributed by atoms with Crippen LogP contribution in [0.1, 0.15) is 49.4 Å². The molecule has 2 aliphatic heterocycles. The van der Waals surface area contributed by atoms with Crippen LogP contribution in [0.2, 0.25) is 0 Å². The first-order chi connectivity index (χ1) is 11.2. The largest absolute Gasteiger partial charge is 0.396 e. The number of aromatic nitrogens is 1. The maximum atomic E-state index is 12.6. The standard InChI is InChI=1S/C18H27N3O2/c1-2-18(14-22)7-11-21(12-8-18)17(23)15-5-6-16(19-13-15)20-9-3-4-10-20/h5-6,13,22H,2-4,7-12,14H2,1H3. The summed E-state index contributed by atoms with van der Waals surface area (Å²) in [6.45, 7) is 5.91. The van der Waals surface area contributed by atoms with E-state index in [2.05, 4.69) is 16.8 Å². The van der Waals surface area contributed by atoms with E-state index >= 15 is 0 Å². The number of rotatable bonds is 4. The van der Waals surface area contributed by atoms with Crippen LogP contribution in [0.3, 0.4) is 0 Å². The average molecular weight is 317 g/mol. The molecule has 0 aliphatic carbocycles. The molecule has 3 heterocycles. The lowest BCUT2D eigenvalue weighted by molar-refractivity contribution is 0.0338. The average Bonchev–Trinajstić information content (AvgIpc) is 3.16. The molecule has 1 aromatic heterocycles. The molecule has 2 fully saturated rings. The van der Waals surface area contributed by atoms with Crippen molar-refractivity contribution in [3.05, 3.63) is 23.9 Å². The Morgan fingerprint density at radius 3 is 2.43 bits per heavy atom. The van der Waals surface area contributed by atoms with Gasteiger partial charge in [-0.25, -0.2) is 4.98 Å². The van der Waals surface area contributed by atoms with Crippen LogP contribution < -0.4 is 4.90 Å². The summed E-state index contributed by atoms with van der Waals surface area (Å²) in [6, 6.07) is 3.86. The third-order valence-electron chi connectivity index (χ3n) is 5.62. The highest BCUT2D eigenvalue weighted by atomic mass is 16.3. The summed E-state index contributed by atoms with van der Waals surface area (Å²) in [5, 5.41) is 9.60. The maximum absolute atomic E-state index is 12.6. The van der Waals surface area contributed by atoms with Gasteiger partial charge in [-0.05, 0) is 49.7 Å². The van der Waals surface area contributed by atoms with Crippen molar-refractivity contribution < 1.29 is 9.90 Å². The minimum absolute atomic E-state index is 0.00857. The molecule has 1 amide bonds. The van der Waals surface area contributed by atoms with Gasteiger partial charge in [0.2, 0.25) is 0 Å². The van der Waals surface area contributed by atoms with Crippen LogP contribution in [0.4, 0.5) is 5.82 Å². The van der Waals surface area contributed by atoms with Gasteiger partial charge in [-0.3, -0.25) is 4.79 Å². The molecule has 1 aromatic rings. The molecule has 0 saturated carbocycles. The van der Waals surface area contributed by atoms with Crippen molar-refractivity contribution in [2.75, 3.05) is 37.7 Å². The van der Waals surface area contributed by atoms with E-state index in [1.165, 1.54) is 12.8 Å².